The Morgan fingerprint density at radius 3 is 2.38 bits per heavy atom. The van der Waals surface area contributed by atoms with Crippen LogP contribution in [0.1, 0.15) is 6.42 Å². The maximum absolute atomic E-state index is 13.9. The molecule has 1 heterocycles. The molecule has 3 aliphatic rings. The lowest BCUT2D eigenvalue weighted by Gasteiger charge is -2.34. The number of ether oxygens (including phenoxy) is 1. The molecule has 0 aromatic heterocycles. The lowest BCUT2D eigenvalue weighted by molar-refractivity contribution is -0.233. The van der Waals surface area contributed by atoms with Gasteiger partial charge in [0, 0.05) is 5.92 Å². The zero-order chi connectivity index (χ0) is 17.3. The first-order chi connectivity index (χ1) is 11.3. The van der Waals surface area contributed by atoms with Crippen molar-refractivity contribution in [3.63, 3.8) is 0 Å². The quantitative estimate of drug-likeness (QED) is 0.616. The predicted octanol–water partition coefficient (Wildman–Crippen LogP) is 2.94. The number of carbonyl (C=O) groups excluding carboxylic acids is 2. The third-order valence-electron chi connectivity index (χ3n) is 5.46. The molecular weight excluding hydrogens is 323 g/mol. The van der Waals surface area contributed by atoms with Crippen molar-refractivity contribution in [3.8, 4) is 5.75 Å². The summed E-state index contributed by atoms with van der Waals surface area (Å²) in [6, 6.07) is 5.87. The first-order valence-electron chi connectivity index (χ1n) is 7.60. The number of alkyl halides is 3. The number of allylic oxidation sites excluding steroid dienone is 2. The van der Waals surface area contributed by atoms with Crippen LogP contribution in [-0.2, 0) is 9.59 Å². The van der Waals surface area contributed by atoms with Gasteiger partial charge in [-0.25, -0.2) is 4.90 Å². The van der Waals surface area contributed by atoms with Gasteiger partial charge in [0.1, 0.15) is 5.75 Å². The van der Waals surface area contributed by atoms with Crippen LogP contribution in [0.4, 0.5) is 18.9 Å². The summed E-state index contributed by atoms with van der Waals surface area (Å²) in [6.45, 7) is 0. The first-order valence-corrected chi connectivity index (χ1v) is 7.60. The van der Waals surface area contributed by atoms with Gasteiger partial charge in [-0.15, -0.1) is 0 Å². The number of hydrogen-bond acceptors (Lipinski definition) is 3. The van der Waals surface area contributed by atoms with E-state index in [0.29, 0.717) is 10.6 Å². The molecule has 1 saturated heterocycles. The number of nitrogens with zero attached hydrogens (tertiary/aromatic N) is 1. The van der Waals surface area contributed by atoms with Crippen molar-refractivity contribution in [2.75, 3.05) is 12.0 Å². The Hall–Kier alpha value is -2.31. The molecule has 7 heteroatoms. The van der Waals surface area contributed by atoms with Crippen molar-refractivity contribution in [3.05, 3.63) is 36.4 Å². The summed E-state index contributed by atoms with van der Waals surface area (Å²) in [5.41, 5.74) is -2.48. The molecular formula is C17H14F3NO3. The maximum Gasteiger partial charge on any atom is 0.404 e. The summed E-state index contributed by atoms with van der Waals surface area (Å²) in [5, 5.41) is 0. The molecule has 2 fully saturated rings. The minimum atomic E-state index is -4.77. The van der Waals surface area contributed by atoms with E-state index < -0.39 is 41.2 Å². The third kappa shape index (κ3) is 1.59. The molecule has 1 saturated carbocycles. The van der Waals surface area contributed by atoms with E-state index in [9.17, 15) is 22.8 Å². The van der Waals surface area contributed by atoms with Gasteiger partial charge in [-0.1, -0.05) is 12.2 Å². The van der Waals surface area contributed by atoms with E-state index >= 15 is 0 Å². The van der Waals surface area contributed by atoms with Crippen LogP contribution >= 0.6 is 0 Å². The number of carbonyl (C=O) groups is 2. The van der Waals surface area contributed by atoms with Crippen molar-refractivity contribution in [1.29, 1.82) is 0 Å². The Balaban J connectivity index is 1.83. The fourth-order valence-corrected chi connectivity index (χ4v) is 4.46. The summed E-state index contributed by atoms with van der Waals surface area (Å²) in [4.78, 5) is 26.3. The number of halogens is 3. The lowest BCUT2D eigenvalue weighted by atomic mass is 9.69. The van der Waals surface area contributed by atoms with Crippen molar-refractivity contribution >= 4 is 17.5 Å². The van der Waals surface area contributed by atoms with Gasteiger partial charge in [0.05, 0.1) is 18.7 Å². The average molecular weight is 337 g/mol. The second kappa shape index (κ2) is 4.62. The van der Waals surface area contributed by atoms with Crippen molar-refractivity contribution in [1.82, 2.24) is 0 Å². The highest BCUT2D eigenvalue weighted by molar-refractivity contribution is 6.24. The van der Waals surface area contributed by atoms with Gasteiger partial charge in [-0.05, 0) is 36.6 Å². The van der Waals surface area contributed by atoms with Crippen molar-refractivity contribution < 1.29 is 27.5 Å². The van der Waals surface area contributed by atoms with Gasteiger partial charge in [0.15, 0.2) is 5.41 Å². The molecule has 4 atom stereocenters. The molecule has 4 rings (SSSR count). The fourth-order valence-electron chi connectivity index (χ4n) is 4.46. The van der Waals surface area contributed by atoms with Gasteiger partial charge in [0.25, 0.3) is 5.91 Å². The molecule has 0 radical (unpaired) electrons. The Bertz CT molecular complexity index is 755. The highest BCUT2D eigenvalue weighted by Crippen LogP contribution is 2.67. The van der Waals surface area contributed by atoms with Gasteiger partial charge in [0.2, 0.25) is 5.91 Å². The van der Waals surface area contributed by atoms with Crippen molar-refractivity contribution in [2.45, 2.75) is 12.6 Å². The summed E-state index contributed by atoms with van der Waals surface area (Å²) < 4.78 is 46.8. The Kier molecular flexibility index (Phi) is 2.93. The maximum atomic E-state index is 13.9. The summed E-state index contributed by atoms with van der Waals surface area (Å²) >= 11 is 0. The third-order valence-corrected chi connectivity index (χ3v) is 5.46. The Morgan fingerprint density at radius 1 is 1.17 bits per heavy atom. The van der Waals surface area contributed by atoms with Crippen LogP contribution in [0.15, 0.2) is 36.4 Å². The number of hydrogen-bond donors (Lipinski definition) is 0. The van der Waals surface area contributed by atoms with Gasteiger partial charge >= 0.3 is 6.18 Å². The smallest absolute Gasteiger partial charge is 0.404 e. The van der Waals surface area contributed by atoms with E-state index in [1.165, 1.54) is 37.5 Å². The number of anilines is 1. The van der Waals surface area contributed by atoms with Crippen LogP contribution in [0.25, 0.3) is 0 Å². The molecule has 0 N–H and O–H groups in total. The van der Waals surface area contributed by atoms with Gasteiger partial charge < -0.3 is 4.74 Å². The summed E-state index contributed by atoms with van der Waals surface area (Å²) in [6.07, 6.45) is -1.48. The van der Waals surface area contributed by atoms with Crippen LogP contribution in [0.5, 0.6) is 5.75 Å². The number of amides is 2. The van der Waals surface area contributed by atoms with E-state index in [1.807, 2.05) is 0 Å². The second-order valence-corrected chi connectivity index (χ2v) is 6.41. The van der Waals surface area contributed by atoms with Crippen LogP contribution in [-0.4, -0.2) is 25.1 Å². The number of benzene rings is 1. The van der Waals surface area contributed by atoms with E-state index in [-0.39, 0.29) is 12.1 Å². The zero-order valence-electron chi connectivity index (χ0n) is 12.7. The molecule has 0 unspecified atom stereocenters. The van der Waals surface area contributed by atoms with E-state index in [1.54, 1.807) is 6.08 Å². The first kappa shape index (κ1) is 15.2. The molecule has 1 aromatic rings. The highest BCUT2D eigenvalue weighted by Gasteiger charge is 2.80. The second-order valence-electron chi connectivity index (χ2n) is 6.41. The predicted molar refractivity (Wildman–Crippen MR) is 78.2 cm³/mol. The molecule has 0 spiro atoms. The highest BCUT2D eigenvalue weighted by atomic mass is 19.4. The number of fused-ring (bicyclic) bond motifs is 5. The van der Waals surface area contributed by atoms with Gasteiger partial charge in [-0.2, -0.15) is 13.2 Å². The summed E-state index contributed by atoms with van der Waals surface area (Å²) in [7, 11) is 1.45. The van der Waals surface area contributed by atoms with Gasteiger partial charge in [-0.3, -0.25) is 9.59 Å². The molecule has 2 amide bonds. The Labute approximate surface area is 135 Å². The molecule has 2 bridgehead atoms. The topological polar surface area (TPSA) is 46.6 Å². The number of rotatable bonds is 2. The molecule has 1 aliphatic heterocycles. The minimum absolute atomic E-state index is 0.142. The number of imide groups is 1. The van der Waals surface area contributed by atoms with Crippen LogP contribution in [0, 0.1) is 23.2 Å². The molecule has 126 valence electrons. The van der Waals surface area contributed by atoms with Crippen LogP contribution in [0.3, 0.4) is 0 Å². The fraction of sp³-hybridized carbons (Fsp3) is 0.412. The SMILES string of the molecule is COc1ccc(N2C(=O)[C@H]3[C@@H]4C=C[C@@H](C4)[C@]3(C(F)(F)F)C2=O)cc1. The van der Waals surface area contributed by atoms with Crippen LogP contribution < -0.4 is 9.64 Å². The average Bonchev–Trinajstić information content (AvgIpc) is 3.19. The minimum Gasteiger partial charge on any atom is -0.497 e. The molecule has 1 aromatic carbocycles. The Morgan fingerprint density at radius 2 is 1.83 bits per heavy atom. The monoisotopic (exact) mass is 337 g/mol. The van der Waals surface area contributed by atoms with E-state index in [0.717, 1.165) is 0 Å². The number of methoxy groups -OCH3 is 1. The van der Waals surface area contributed by atoms with E-state index in [4.69, 9.17) is 4.74 Å². The molecule has 4 nitrogen and oxygen atoms in total. The standard InChI is InChI=1S/C17H14F3NO3/c1-24-12-6-4-11(5-7-12)21-14(22)13-9-2-3-10(8-9)16(13,15(21)23)17(18,19)20/h2-7,9-10,13H,8H2,1H3/t9-,10+,13-,16-/m1/s1. The van der Waals surface area contributed by atoms with Crippen molar-refractivity contribution in [2.24, 2.45) is 23.2 Å². The normalized spacial score (nSPS) is 34.2. The molecule has 2 aliphatic carbocycles. The van der Waals surface area contributed by atoms with E-state index in [2.05, 4.69) is 0 Å². The zero-order valence-corrected chi connectivity index (χ0v) is 12.7. The summed E-state index contributed by atoms with van der Waals surface area (Å²) in [5.74, 6) is -4.29. The largest absolute Gasteiger partial charge is 0.497 e. The van der Waals surface area contributed by atoms with Crippen LogP contribution in [0.2, 0.25) is 0 Å². The lowest BCUT2D eigenvalue weighted by Crippen LogP contribution is -2.51. The molecule has 24 heavy (non-hydrogen) atoms.